The summed E-state index contributed by atoms with van der Waals surface area (Å²) in [5.74, 6) is 0. The van der Waals surface area contributed by atoms with Crippen molar-refractivity contribution in [2.75, 3.05) is 6.54 Å². The summed E-state index contributed by atoms with van der Waals surface area (Å²) in [6, 6.07) is 14.5. The molecule has 1 unspecified atom stereocenters. The van der Waals surface area contributed by atoms with Crippen LogP contribution in [0.4, 0.5) is 13.2 Å². The maximum absolute atomic E-state index is 12.6. The van der Waals surface area contributed by atoms with Crippen LogP contribution in [0.2, 0.25) is 0 Å². The van der Waals surface area contributed by atoms with Gasteiger partial charge in [-0.1, -0.05) is 49.4 Å². The molecular formula is C17H18F3NO. The van der Waals surface area contributed by atoms with E-state index in [1.165, 1.54) is 12.1 Å². The Balaban J connectivity index is 2.25. The fourth-order valence-corrected chi connectivity index (χ4v) is 2.05. The average molecular weight is 309 g/mol. The first kappa shape index (κ1) is 16.5. The molecule has 0 heterocycles. The van der Waals surface area contributed by atoms with Crippen LogP contribution in [0, 0.1) is 0 Å². The molecule has 0 aliphatic rings. The summed E-state index contributed by atoms with van der Waals surface area (Å²) in [4.78, 5) is 5.65. The molecule has 0 aliphatic heterocycles. The predicted octanol–water partition coefficient (Wildman–Crippen LogP) is 4.73. The summed E-state index contributed by atoms with van der Waals surface area (Å²) < 4.78 is 37.9. The van der Waals surface area contributed by atoms with Gasteiger partial charge in [0.1, 0.15) is 6.10 Å². The first-order chi connectivity index (χ1) is 10.5. The topological polar surface area (TPSA) is 21.3 Å². The van der Waals surface area contributed by atoms with Crippen molar-refractivity contribution in [1.82, 2.24) is 5.48 Å². The van der Waals surface area contributed by atoms with E-state index in [0.717, 1.165) is 24.1 Å². The molecule has 0 aromatic heterocycles. The second-order valence-electron chi connectivity index (χ2n) is 4.92. The zero-order chi connectivity index (χ0) is 16.0. The highest BCUT2D eigenvalue weighted by Gasteiger charge is 2.30. The second kappa shape index (κ2) is 7.42. The normalized spacial score (nSPS) is 13.1. The van der Waals surface area contributed by atoms with Gasteiger partial charge in [0.05, 0.1) is 5.56 Å². The van der Waals surface area contributed by atoms with Crippen molar-refractivity contribution < 1.29 is 18.0 Å². The fourth-order valence-electron chi connectivity index (χ4n) is 2.05. The van der Waals surface area contributed by atoms with Gasteiger partial charge >= 0.3 is 6.18 Å². The van der Waals surface area contributed by atoms with Crippen LogP contribution in [0.5, 0.6) is 0 Å². The highest BCUT2D eigenvalue weighted by atomic mass is 19.4. The molecule has 2 aromatic carbocycles. The van der Waals surface area contributed by atoms with E-state index in [-0.39, 0.29) is 0 Å². The molecule has 0 aliphatic carbocycles. The number of hydrogen-bond donors (Lipinski definition) is 1. The summed E-state index contributed by atoms with van der Waals surface area (Å²) in [7, 11) is 0. The van der Waals surface area contributed by atoms with Gasteiger partial charge in [-0.15, -0.1) is 0 Å². The molecule has 0 spiro atoms. The highest BCUT2D eigenvalue weighted by molar-refractivity contribution is 5.32. The van der Waals surface area contributed by atoms with Crippen LogP contribution in [-0.2, 0) is 11.0 Å². The van der Waals surface area contributed by atoms with Gasteiger partial charge in [-0.05, 0) is 29.7 Å². The van der Waals surface area contributed by atoms with E-state index in [9.17, 15) is 13.2 Å². The second-order valence-corrected chi connectivity index (χ2v) is 4.92. The molecule has 0 fully saturated rings. The summed E-state index contributed by atoms with van der Waals surface area (Å²) >= 11 is 0. The number of nitrogens with one attached hydrogen (secondary N) is 1. The Bertz CT molecular complexity index is 567. The molecule has 0 saturated heterocycles. The Morgan fingerprint density at radius 1 is 0.955 bits per heavy atom. The Hall–Kier alpha value is -1.85. The number of benzene rings is 2. The standard InChI is InChI=1S/C17H18F3NO/c1-2-12-21-22-16(13-6-4-3-5-7-13)14-8-10-15(11-9-14)17(18,19)20/h3-11,16,21H,2,12H2,1H3. The summed E-state index contributed by atoms with van der Waals surface area (Å²) in [5, 5.41) is 0. The molecule has 1 atom stereocenters. The number of halogens is 3. The van der Waals surface area contributed by atoms with Crippen molar-refractivity contribution in [3.8, 4) is 0 Å². The lowest BCUT2D eigenvalue weighted by molar-refractivity contribution is -0.137. The summed E-state index contributed by atoms with van der Waals surface area (Å²) in [6.45, 7) is 2.68. The van der Waals surface area contributed by atoms with Crippen LogP contribution < -0.4 is 5.48 Å². The molecule has 22 heavy (non-hydrogen) atoms. The van der Waals surface area contributed by atoms with Crippen LogP contribution in [0.25, 0.3) is 0 Å². The Morgan fingerprint density at radius 3 is 2.09 bits per heavy atom. The zero-order valence-electron chi connectivity index (χ0n) is 12.2. The van der Waals surface area contributed by atoms with Crippen molar-refractivity contribution in [1.29, 1.82) is 0 Å². The van der Waals surface area contributed by atoms with Gasteiger partial charge in [0, 0.05) is 6.54 Å². The lowest BCUT2D eigenvalue weighted by Gasteiger charge is -2.19. The van der Waals surface area contributed by atoms with Crippen molar-refractivity contribution in [2.45, 2.75) is 25.6 Å². The van der Waals surface area contributed by atoms with E-state index in [4.69, 9.17) is 4.84 Å². The Labute approximate surface area is 127 Å². The first-order valence-electron chi connectivity index (χ1n) is 7.13. The molecule has 2 rings (SSSR count). The minimum absolute atomic E-state index is 0.449. The van der Waals surface area contributed by atoms with E-state index in [2.05, 4.69) is 5.48 Å². The number of hydrogen-bond acceptors (Lipinski definition) is 2. The van der Waals surface area contributed by atoms with Crippen LogP contribution >= 0.6 is 0 Å². The van der Waals surface area contributed by atoms with Gasteiger partial charge < -0.3 is 0 Å². The van der Waals surface area contributed by atoms with Crippen molar-refractivity contribution in [2.24, 2.45) is 0 Å². The summed E-state index contributed by atoms with van der Waals surface area (Å²) in [5.41, 5.74) is 3.74. The fraction of sp³-hybridized carbons (Fsp3) is 0.294. The minimum atomic E-state index is -4.33. The largest absolute Gasteiger partial charge is 0.416 e. The molecule has 0 amide bonds. The molecular weight excluding hydrogens is 291 g/mol. The molecule has 5 heteroatoms. The Kier molecular flexibility index (Phi) is 5.57. The third-order valence-corrected chi connectivity index (χ3v) is 3.20. The Morgan fingerprint density at radius 2 is 1.55 bits per heavy atom. The van der Waals surface area contributed by atoms with E-state index in [0.29, 0.717) is 12.1 Å². The van der Waals surface area contributed by atoms with Gasteiger partial charge in [0.2, 0.25) is 0 Å². The lowest BCUT2D eigenvalue weighted by Crippen LogP contribution is -2.20. The summed E-state index contributed by atoms with van der Waals surface area (Å²) in [6.07, 6.45) is -3.88. The molecule has 0 saturated carbocycles. The minimum Gasteiger partial charge on any atom is -0.289 e. The van der Waals surface area contributed by atoms with Crippen LogP contribution in [0.3, 0.4) is 0 Å². The van der Waals surface area contributed by atoms with E-state index >= 15 is 0 Å². The van der Waals surface area contributed by atoms with Gasteiger partial charge in [-0.3, -0.25) is 4.84 Å². The van der Waals surface area contributed by atoms with Gasteiger partial charge in [-0.25, -0.2) is 5.48 Å². The van der Waals surface area contributed by atoms with Crippen molar-refractivity contribution >= 4 is 0 Å². The van der Waals surface area contributed by atoms with Gasteiger partial charge in [-0.2, -0.15) is 13.2 Å². The first-order valence-corrected chi connectivity index (χ1v) is 7.13. The van der Waals surface area contributed by atoms with Crippen LogP contribution in [0.15, 0.2) is 54.6 Å². The van der Waals surface area contributed by atoms with E-state index in [1.807, 2.05) is 37.3 Å². The third-order valence-electron chi connectivity index (χ3n) is 3.20. The highest BCUT2D eigenvalue weighted by Crippen LogP contribution is 2.31. The predicted molar refractivity (Wildman–Crippen MR) is 79.1 cm³/mol. The van der Waals surface area contributed by atoms with Crippen LogP contribution in [0.1, 0.15) is 36.1 Å². The number of hydroxylamine groups is 1. The lowest BCUT2D eigenvalue weighted by atomic mass is 10.0. The van der Waals surface area contributed by atoms with Crippen molar-refractivity contribution in [3.63, 3.8) is 0 Å². The van der Waals surface area contributed by atoms with Crippen LogP contribution in [-0.4, -0.2) is 6.54 Å². The quantitative estimate of drug-likeness (QED) is 0.615. The molecule has 0 radical (unpaired) electrons. The molecule has 118 valence electrons. The third kappa shape index (κ3) is 4.32. The van der Waals surface area contributed by atoms with E-state index in [1.54, 1.807) is 0 Å². The molecule has 0 bridgehead atoms. The van der Waals surface area contributed by atoms with E-state index < -0.39 is 17.8 Å². The zero-order valence-corrected chi connectivity index (χ0v) is 12.2. The monoisotopic (exact) mass is 309 g/mol. The van der Waals surface area contributed by atoms with Gasteiger partial charge in [0.15, 0.2) is 0 Å². The van der Waals surface area contributed by atoms with Crippen molar-refractivity contribution in [3.05, 3.63) is 71.3 Å². The average Bonchev–Trinajstić information content (AvgIpc) is 2.52. The number of rotatable bonds is 6. The van der Waals surface area contributed by atoms with Gasteiger partial charge in [0.25, 0.3) is 0 Å². The maximum Gasteiger partial charge on any atom is 0.416 e. The molecule has 1 N–H and O–H groups in total. The smallest absolute Gasteiger partial charge is 0.289 e. The SMILES string of the molecule is CCCNOC(c1ccccc1)c1ccc(C(F)(F)F)cc1. The maximum atomic E-state index is 12.6. The number of alkyl halides is 3. The molecule has 2 nitrogen and oxygen atoms in total. The molecule has 2 aromatic rings.